The van der Waals surface area contributed by atoms with Crippen LogP contribution in [0.15, 0.2) is 0 Å². The molecule has 3 rings (SSSR count). The average molecular weight is 139 g/mol. The average Bonchev–Trinajstić information content (AvgIpc) is 2.28. The van der Waals surface area contributed by atoms with Crippen LogP contribution in [-0.4, -0.2) is 37.2 Å². The third-order valence-electron chi connectivity index (χ3n) is 3.56. The van der Waals surface area contributed by atoms with Gasteiger partial charge in [-0.05, 0) is 13.5 Å². The van der Waals surface area contributed by atoms with Crippen LogP contribution in [0.2, 0.25) is 0 Å². The second-order valence-corrected chi connectivity index (χ2v) is 3.99. The van der Waals surface area contributed by atoms with Crippen LogP contribution in [0.4, 0.5) is 0 Å². The summed E-state index contributed by atoms with van der Waals surface area (Å²) in [5.41, 5.74) is 0.423. The first-order chi connectivity index (χ1) is 4.83. The van der Waals surface area contributed by atoms with E-state index < -0.39 is 0 Å². The van der Waals surface area contributed by atoms with E-state index in [1.807, 2.05) is 0 Å². The van der Waals surface area contributed by atoms with Crippen LogP contribution >= 0.6 is 0 Å². The third-order valence-corrected chi connectivity index (χ3v) is 3.56. The fourth-order valence-electron chi connectivity index (χ4n) is 2.71. The third kappa shape index (κ3) is 0.424. The van der Waals surface area contributed by atoms with Crippen LogP contribution in [0, 0.1) is 11.8 Å². The largest absolute Gasteiger partial charge is 0.374 e. The number of fused-ring (bicyclic) bond motifs is 1. The summed E-state index contributed by atoms with van der Waals surface area (Å²) in [4.78, 5) is 2.43. The normalized spacial score (nSPS) is 58.5. The van der Waals surface area contributed by atoms with Crippen molar-refractivity contribution in [2.45, 2.75) is 12.0 Å². The minimum absolute atomic E-state index is 0.423. The van der Waals surface area contributed by atoms with Gasteiger partial charge in [-0.15, -0.1) is 0 Å². The molecule has 1 spiro atoms. The second kappa shape index (κ2) is 1.41. The van der Waals surface area contributed by atoms with E-state index in [0.29, 0.717) is 5.60 Å². The Labute approximate surface area is 61.1 Å². The number of piperidine rings is 1. The topological polar surface area (TPSA) is 12.5 Å². The van der Waals surface area contributed by atoms with Crippen LogP contribution in [0.3, 0.4) is 0 Å². The van der Waals surface area contributed by atoms with Gasteiger partial charge in [-0.3, -0.25) is 0 Å². The number of hydrogen-bond donors (Lipinski definition) is 0. The van der Waals surface area contributed by atoms with E-state index in [9.17, 15) is 0 Å². The molecule has 3 fully saturated rings. The van der Waals surface area contributed by atoms with Crippen molar-refractivity contribution >= 4 is 0 Å². The fraction of sp³-hybridized carbons (Fsp3) is 1.00. The van der Waals surface area contributed by atoms with Crippen LogP contribution < -0.4 is 0 Å². The van der Waals surface area contributed by atoms with Crippen molar-refractivity contribution in [2.75, 3.05) is 26.7 Å². The first-order valence-electron chi connectivity index (χ1n) is 4.15. The van der Waals surface area contributed by atoms with E-state index in [1.165, 1.54) is 19.5 Å². The van der Waals surface area contributed by atoms with Gasteiger partial charge in [0.25, 0.3) is 0 Å². The molecule has 0 bridgehead atoms. The Morgan fingerprint density at radius 3 is 3.00 bits per heavy atom. The van der Waals surface area contributed by atoms with E-state index in [4.69, 9.17) is 4.74 Å². The zero-order valence-electron chi connectivity index (χ0n) is 6.34. The summed E-state index contributed by atoms with van der Waals surface area (Å²) in [6.07, 6.45) is 1.29. The van der Waals surface area contributed by atoms with Crippen molar-refractivity contribution in [1.82, 2.24) is 4.90 Å². The minimum atomic E-state index is 0.423. The Kier molecular flexibility index (Phi) is 0.783. The number of hydrogen-bond acceptors (Lipinski definition) is 2. The Hall–Kier alpha value is -0.0800. The molecule has 0 aromatic rings. The molecule has 3 aliphatic rings. The maximum Gasteiger partial charge on any atom is 0.0793 e. The van der Waals surface area contributed by atoms with Gasteiger partial charge in [0, 0.05) is 24.9 Å². The van der Waals surface area contributed by atoms with Gasteiger partial charge in [0.1, 0.15) is 0 Å². The van der Waals surface area contributed by atoms with Gasteiger partial charge < -0.3 is 9.64 Å². The molecular formula is C8H13NO. The molecule has 0 aromatic heterocycles. The molecular weight excluding hydrogens is 126 g/mol. The molecule has 1 aliphatic carbocycles. The van der Waals surface area contributed by atoms with Crippen molar-refractivity contribution in [2.24, 2.45) is 11.8 Å². The number of nitrogens with zero attached hydrogens (tertiary/aromatic N) is 1. The van der Waals surface area contributed by atoms with Gasteiger partial charge in [0.2, 0.25) is 0 Å². The Balaban J connectivity index is 1.82. The van der Waals surface area contributed by atoms with Gasteiger partial charge in [-0.2, -0.15) is 0 Å². The highest BCUT2D eigenvalue weighted by Crippen LogP contribution is 2.64. The highest BCUT2D eigenvalue weighted by molar-refractivity contribution is 5.21. The summed E-state index contributed by atoms with van der Waals surface area (Å²) in [5.74, 6) is 1.86. The minimum Gasteiger partial charge on any atom is -0.374 e. The first-order valence-corrected chi connectivity index (χ1v) is 4.15. The Morgan fingerprint density at radius 1 is 1.50 bits per heavy atom. The van der Waals surface area contributed by atoms with E-state index in [2.05, 4.69) is 11.9 Å². The van der Waals surface area contributed by atoms with Crippen LogP contribution in [-0.2, 0) is 4.74 Å². The van der Waals surface area contributed by atoms with Crippen molar-refractivity contribution in [3.63, 3.8) is 0 Å². The quantitative estimate of drug-likeness (QED) is 0.480. The summed E-state index contributed by atoms with van der Waals surface area (Å²) >= 11 is 0. The predicted molar refractivity (Wildman–Crippen MR) is 37.8 cm³/mol. The molecule has 0 radical (unpaired) electrons. The summed E-state index contributed by atoms with van der Waals surface area (Å²) in [6, 6.07) is 0. The van der Waals surface area contributed by atoms with E-state index in [1.54, 1.807) is 0 Å². The van der Waals surface area contributed by atoms with Gasteiger partial charge in [-0.1, -0.05) is 0 Å². The lowest BCUT2D eigenvalue weighted by molar-refractivity contribution is -0.0809. The molecule has 3 atom stereocenters. The lowest BCUT2D eigenvalue weighted by atomic mass is 10.1. The van der Waals surface area contributed by atoms with Crippen molar-refractivity contribution < 1.29 is 4.74 Å². The molecule has 0 amide bonds. The van der Waals surface area contributed by atoms with Crippen molar-refractivity contribution in [3.05, 3.63) is 0 Å². The fourth-order valence-corrected chi connectivity index (χ4v) is 2.71. The lowest BCUT2D eigenvalue weighted by Gasteiger charge is -2.31. The zero-order chi connectivity index (χ0) is 6.77. The zero-order valence-corrected chi connectivity index (χ0v) is 6.34. The molecule has 56 valence electrons. The molecule has 2 aliphatic heterocycles. The second-order valence-electron chi connectivity index (χ2n) is 3.99. The van der Waals surface area contributed by atoms with Crippen molar-refractivity contribution in [3.8, 4) is 0 Å². The Bertz CT molecular complexity index is 182. The molecule has 1 saturated carbocycles. The van der Waals surface area contributed by atoms with Crippen LogP contribution in [0.25, 0.3) is 0 Å². The first kappa shape index (κ1) is 5.56. The molecule has 2 nitrogen and oxygen atoms in total. The molecule has 0 aromatic carbocycles. The molecule has 2 heteroatoms. The number of ether oxygens (including phenoxy) is 1. The lowest BCUT2D eigenvalue weighted by Crippen LogP contribution is -2.39. The van der Waals surface area contributed by atoms with E-state index in [-0.39, 0.29) is 0 Å². The monoisotopic (exact) mass is 139 g/mol. The smallest absolute Gasteiger partial charge is 0.0793 e. The molecule has 10 heavy (non-hydrogen) atoms. The molecule has 2 unspecified atom stereocenters. The summed E-state index contributed by atoms with van der Waals surface area (Å²) in [6.45, 7) is 3.58. The molecule has 2 saturated heterocycles. The maximum atomic E-state index is 5.62. The van der Waals surface area contributed by atoms with Gasteiger partial charge in [0.05, 0.1) is 12.2 Å². The summed E-state index contributed by atoms with van der Waals surface area (Å²) < 4.78 is 5.62. The molecule has 2 heterocycles. The highest BCUT2D eigenvalue weighted by atomic mass is 16.5. The predicted octanol–water partition coefficient (Wildman–Crippen LogP) is 0.337. The van der Waals surface area contributed by atoms with Crippen LogP contribution in [0.5, 0.6) is 0 Å². The number of likely N-dealkylation sites (tertiary alicyclic amines) is 1. The van der Waals surface area contributed by atoms with Crippen molar-refractivity contribution in [1.29, 1.82) is 0 Å². The van der Waals surface area contributed by atoms with Crippen LogP contribution in [0.1, 0.15) is 6.42 Å². The van der Waals surface area contributed by atoms with Gasteiger partial charge in [-0.25, -0.2) is 0 Å². The van der Waals surface area contributed by atoms with E-state index in [0.717, 1.165) is 18.4 Å². The van der Waals surface area contributed by atoms with Gasteiger partial charge in [0.15, 0.2) is 0 Å². The number of rotatable bonds is 0. The SMILES string of the molecule is CN1CCC23OCC2[C@@H]3C1. The highest BCUT2D eigenvalue weighted by Gasteiger charge is 2.73. The summed E-state index contributed by atoms with van der Waals surface area (Å²) in [5, 5.41) is 0. The maximum absolute atomic E-state index is 5.62. The van der Waals surface area contributed by atoms with E-state index >= 15 is 0 Å². The van der Waals surface area contributed by atoms with Gasteiger partial charge >= 0.3 is 0 Å². The summed E-state index contributed by atoms with van der Waals surface area (Å²) in [7, 11) is 2.21. The standard InChI is InChI=1S/C8H13NO/c1-9-3-2-8-6(4-9)7(8)5-10-8/h6-7H,2-5H2,1H3/t6-,7?,8?/m0/s1. The Morgan fingerprint density at radius 2 is 2.40 bits per heavy atom. The molecule has 0 N–H and O–H groups in total.